The molecule has 0 aliphatic heterocycles. The van der Waals surface area contributed by atoms with Crippen molar-refractivity contribution in [3.8, 4) is 0 Å². The molecule has 0 heterocycles. The van der Waals surface area contributed by atoms with Crippen LogP contribution in [0.25, 0.3) is 0 Å². The Morgan fingerprint density at radius 3 is 0.888 bits per heavy atom. The van der Waals surface area contributed by atoms with E-state index in [9.17, 15) is 43.2 Å². The summed E-state index contributed by atoms with van der Waals surface area (Å²) in [6, 6.07) is 0. The van der Waals surface area contributed by atoms with Crippen molar-refractivity contribution in [2.45, 2.75) is 303 Å². The maximum absolute atomic E-state index is 13.1. The summed E-state index contributed by atoms with van der Waals surface area (Å²) in [4.78, 5) is 72.8. The molecule has 0 radical (unpaired) electrons. The van der Waals surface area contributed by atoms with E-state index in [4.69, 9.17) is 37.0 Å². The van der Waals surface area contributed by atoms with Gasteiger partial charge in [0, 0.05) is 25.7 Å². The van der Waals surface area contributed by atoms with Gasteiger partial charge >= 0.3 is 39.5 Å². The molecule has 17 nitrogen and oxygen atoms in total. The van der Waals surface area contributed by atoms with Gasteiger partial charge in [0.15, 0.2) is 12.2 Å². The van der Waals surface area contributed by atoms with E-state index in [-0.39, 0.29) is 25.7 Å². The molecule has 0 aromatic rings. The van der Waals surface area contributed by atoms with E-state index >= 15 is 0 Å². The molecule has 5 unspecified atom stereocenters. The molecule has 0 bridgehead atoms. The van der Waals surface area contributed by atoms with Crippen molar-refractivity contribution in [3.05, 3.63) is 134 Å². The standard InChI is InChI=1S/C79H132O17P2/c1-5-9-13-17-21-25-29-33-36-40-43-47-51-55-59-63-76(81)89-69-74(95-78(83)65-61-57-53-49-45-39-32-28-24-20-16-12-8-4)71-93-97(85,86)91-67-73(80)68-92-98(87,88)94-72-75(96-79(84)66-62-58-54-50-46-42-38-35-31-27-23-19-15-11-7-3)70-90-77(82)64-60-56-52-48-44-41-37-34-30-26-22-18-14-10-6-2/h10-11,14-16,20,22-23,26-28,32-38,44,46,48,50,73-75,80H,5-9,12-13,17-19,21,24-25,29-31,39-43,45,47,49,51-72H2,1-4H3,(H,85,86)(H,87,88)/b14-10-,15-11-,20-16-,26-22-,27-23-,32-28-,36-33-,37-34-,38-35-,48-44-,50-46-. The third kappa shape index (κ3) is 69.7. The Hall–Kier alpha value is -4.80. The van der Waals surface area contributed by atoms with Crippen LogP contribution in [0.15, 0.2) is 134 Å². The Morgan fingerprint density at radius 1 is 0.296 bits per heavy atom. The molecule has 0 aromatic carbocycles. The molecule has 0 fully saturated rings. The molecule has 98 heavy (non-hydrogen) atoms. The predicted molar refractivity (Wildman–Crippen MR) is 399 cm³/mol. The normalized spacial score (nSPS) is 14.7. The molecule has 5 atom stereocenters. The fourth-order valence-corrected chi connectivity index (χ4v) is 11.0. The van der Waals surface area contributed by atoms with Gasteiger partial charge in [0.2, 0.25) is 0 Å². The fourth-order valence-electron chi connectivity index (χ4n) is 9.41. The van der Waals surface area contributed by atoms with E-state index in [2.05, 4.69) is 161 Å². The number of rotatable bonds is 69. The second-order valence-electron chi connectivity index (χ2n) is 24.5. The van der Waals surface area contributed by atoms with Gasteiger partial charge in [-0.05, 0) is 154 Å². The molecule has 3 N–H and O–H groups in total. The largest absolute Gasteiger partial charge is 0.472 e. The maximum atomic E-state index is 13.1. The van der Waals surface area contributed by atoms with Crippen molar-refractivity contribution in [2.24, 2.45) is 0 Å². The van der Waals surface area contributed by atoms with Gasteiger partial charge in [-0.3, -0.25) is 37.3 Å². The Morgan fingerprint density at radius 2 is 0.551 bits per heavy atom. The summed E-state index contributed by atoms with van der Waals surface area (Å²) in [7, 11) is -9.98. The fraction of sp³-hybridized carbons (Fsp3) is 0.671. The van der Waals surface area contributed by atoms with E-state index < -0.39 is 97.5 Å². The summed E-state index contributed by atoms with van der Waals surface area (Å²) in [5.74, 6) is -2.30. The summed E-state index contributed by atoms with van der Waals surface area (Å²) in [6.45, 7) is 4.44. The van der Waals surface area contributed by atoms with E-state index in [0.717, 1.165) is 161 Å². The zero-order chi connectivity index (χ0) is 71.8. The minimum atomic E-state index is -5.00. The number of hydrogen-bond acceptors (Lipinski definition) is 15. The minimum Gasteiger partial charge on any atom is -0.462 e. The molecule has 0 rings (SSSR count). The number of aliphatic hydroxyl groups excluding tert-OH is 1. The maximum Gasteiger partial charge on any atom is 0.472 e. The summed E-state index contributed by atoms with van der Waals surface area (Å²) in [5, 5.41) is 10.6. The number of aliphatic hydroxyl groups is 1. The van der Waals surface area contributed by atoms with Crippen LogP contribution in [-0.4, -0.2) is 96.7 Å². The van der Waals surface area contributed by atoms with Gasteiger partial charge in [0.25, 0.3) is 0 Å². The summed E-state index contributed by atoms with van der Waals surface area (Å²) in [5.41, 5.74) is 0. The Bertz CT molecular complexity index is 2380. The first-order valence-electron chi connectivity index (χ1n) is 37.4. The molecule has 0 saturated carbocycles. The number of esters is 4. The predicted octanol–water partition coefficient (Wildman–Crippen LogP) is 21.3. The highest BCUT2D eigenvalue weighted by Gasteiger charge is 2.30. The average Bonchev–Trinajstić information content (AvgIpc) is 1.04. The van der Waals surface area contributed by atoms with Gasteiger partial charge in [-0.2, -0.15) is 0 Å². The molecule has 0 amide bonds. The highest BCUT2D eigenvalue weighted by atomic mass is 31.2. The van der Waals surface area contributed by atoms with Crippen LogP contribution in [0, 0.1) is 0 Å². The van der Waals surface area contributed by atoms with E-state index in [1.54, 1.807) is 0 Å². The zero-order valence-electron chi connectivity index (χ0n) is 60.9. The Balaban J connectivity index is 5.44. The monoisotopic (exact) mass is 1410 g/mol. The first-order chi connectivity index (χ1) is 47.7. The molecule has 0 aromatic heterocycles. The Kier molecular flexibility index (Phi) is 67.2. The third-order valence-corrected chi connectivity index (χ3v) is 17.0. The second-order valence-corrected chi connectivity index (χ2v) is 27.4. The smallest absolute Gasteiger partial charge is 0.462 e. The topological polar surface area (TPSA) is 237 Å². The lowest BCUT2D eigenvalue weighted by Crippen LogP contribution is -2.30. The van der Waals surface area contributed by atoms with E-state index in [1.807, 2.05) is 0 Å². The highest BCUT2D eigenvalue weighted by molar-refractivity contribution is 7.47. The molecule has 0 aliphatic rings. The summed E-state index contributed by atoms with van der Waals surface area (Å²) >= 11 is 0. The number of carbonyl (C=O) groups is 4. The van der Waals surface area contributed by atoms with Gasteiger partial charge in [0.05, 0.1) is 26.4 Å². The van der Waals surface area contributed by atoms with Crippen LogP contribution in [0.4, 0.5) is 0 Å². The lowest BCUT2D eigenvalue weighted by Gasteiger charge is -2.21. The molecule has 19 heteroatoms. The van der Waals surface area contributed by atoms with Gasteiger partial charge in [-0.1, -0.05) is 238 Å². The lowest BCUT2D eigenvalue weighted by atomic mass is 10.1. The first kappa shape index (κ1) is 93.2. The van der Waals surface area contributed by atoms with Crippen LogP contribution in [0.1, 0.15) is 285 Å². The highest BCUT2D eigenvalue weighted by Crippen LogP contribution is 2.45. The average molecular weight is 1420 g/mol. The van der Waals surface area contributed by atoms with Crippen molar-refractivity contribution < 1.29 is 80.2 Å². The van der Waals surface area contributed by atoms with Crippen LogP contribution in [0.3, 0.4) is 0 Å². The van der Waals surface area contributed by atoms with Gasteiger partial charge in [-0.15, -0.1) is 0 Å². The SMILES string of the molecule is CC/C=C\C/C=C\C/C=C\C/C=C\CCCCC(=O)OCC(COP(=O)(O)OCC(O)COP(=O)(O)OCC(COC(=O)CCCCCCC/C=C\CCCCCCCC)OC(=O)CCCCCCC/C=C\C/C=C\CCC)OC(=O)CCCC/C=C\C/C=C\C/C=C\C/C=C\CC. The van der Waals surface area contributed by atoms with Crippen LogP contribution >= 0.6 is 15.6 Å². The summed E-state index contributed by atoms with van der Waals surface area (Å²) in [6.07, 6.45) is 77.4. The van der Waals surface area contributed by atoms with Crippen molar-refractivity contribution in [2.75, 3.05) is 39.6 Å². The van der Waals surface area contributed by atoms with Crippen LogP contribution in [0.5, 0.6) is 0 Å². The molecule has 0 saturated heterocycles. The van der Waals surface area contributed by atoms with Crippen molar-refractivity contribution in [3.63, 3.8) is 0 Å². The minimum absolute atomic E-state index is 0.0294. The van der Waals surface area contributed by atoms with E-state index in [0.29, 0.717) is 32.1 Å². The molecular weight excluding hydrogens is 1280 g/mol. The van der Waals surface area contributed by atoms with Gasteiger partial charge in [0.1, 0.15) is 19.3 Å². The molecular formula is C79H132O17P2. The van der Waals surface area contributed by atoms with Crippen molar-refractivity contribution in [1.29, 1.82) is 0 Å². The zero-order valence-corrected chi connectivity index (χ0v) is 62.7. The second kappa shape index (κ2) is 70.6. The van der Waals surface area contributed by atoms with Crippen LogP contribution in [0.2, 0.25) is 0 Å². The van der Waals surface area contributed by atoms with Crippen molar-refractivity contribution >= 4 is 39.5 Å². The number of unbranched alkanes of at least 4 members (excludes halogenated alkanes) is 21. The summed E-state index contributed by atoms with van der Waals surface area (Å²) < 4.78 is 68.3. The van der Waals surface area contributed by atoms with Crippen LogP contribution < -0.4 is 0 Å². The first-order valence-corrected chi connectivity index (χ1v) is 40.4. The molecule has 560 valence electrons. The molecule has 0 aliphatic carbocycles. The lowest BCUT2D eigenvalue weighted by molar-refractivity contribution is -0.161. The molecule has 0 spiro atoms. The Labute approximate surface area is 593 Å². The number of carbonyl (C=O) groups excluding carboxylic acids is 4. The number of ether oxygens (including phenoxy) is 4. The number of phosphoric ester groups is 2. The third-order valence-electron chi connectivity index (χ3n) is 15.1. The number of allylic oxidation sites excluding steroid dienone is 22. The van der Waals surface area contributed by atoms with Gasteiger partial charge in [-0.25, -0.2) is 9.13 Å². The quantitative estimate of drug-likeness (QED) is 0.0169. The van der Waals surface area contributed by atoms with E-state index in [1.165, 1.54) is 38.5 Å². The number of phosphoric acid groups is 2. The van der Waals surface area contributed by atoms with Gasteiger partial charge < -0.3 is 33.8 Å². The number of hydrogen-bond donors (Lipinski definition) is 3. The van der Waals surface area contributed by atoms with Crippen LogP contribution in [-0.2, 0) is 65.4 Å². The van der Waals surface area contributed by atoms with Crippen molar-refractivity contribution in [1.82, 2.24) is 0 Å².